The van der Waals surface area contributed by atoms with Crippen LogP contribution in [0.15, 0.2) is 91.0 Å². The van der Waals surface area contributed by atoms with Crippen molar-refractivity contribution in [2.75, 3.05) is 11.1 Å². The van der Waals surface area contributed by atoms with Crippen molar-refractivity contribution >= 4 is 56.8 Å². The minimum atomic E-state index is -5.07. The molecule has 0 radical (unpaired) electrons. The van der Waals surface area contributed by atoms with Gasteiger partial charge < -0.3 is 10.1 Å². The van der Waals surface area contributed by atoms with Crippen LogP contribution in [0.1, 0.15) is 66.6 Å². The van der Waals surface area contributed by atoms with E-state index >= 15 is 0 Å². The molecular formula is C38H36Cl2F3NO6S. The predicted molar refractivity (Wildman–Crippen MR) is 195 cm³/mol. The van der Waals surface area contributed by atoms with Crippen LogP contribution in [-0.4, -0.2) is 36.8 Å². The summed E-state index contributed by atoms with van der Waals surface area (Å²) in [5, 5.41) is 3.18. The third-order valence-electron chi connectivity index (χ3n) is 7.66. The maximum absolute atomic E-state index is 14.0. The summed E-state index contributed by atoms with van der Waals surface area (Å²) in [6.07, 6.45) is -1.08. The lowest BCUT2D eigenvalue weighted by molar-refractivity contribution is -0.274. The second kappa shape index (κ2) is 16.5. The molecule has 1 amide bonds. The predicted octanol–water partition coefficient (Wildman–Crippen LogP) is 10.4. The molecule has 270 valence electrons. The molecule has 0 spiro atoms. The zero-order chi connectivity index (χ0) is 37.6. The molecule has 0 aromatic heterocycles. The highest BCUT2D eigenvalue weighted by Gasteiger charge is 2.33. The van der Waals surface area contributed by atoms with Crippen molar-refractivity contribution in [2.45, 2.75) is 52.3 Å². The number of hydrogen-bond donors (Lipinski definition) is 2. The van der Waals surface area contributed by atoms with Crippen molar-refractivity contribution in [2.24, 2.45) is 5.41 Å². The van der Waals surface area contributed by atoms with Gasteiger partial charge in [0.05, 0.1) is 17.4 Å². The number of rotatable bonds is 13. The van der Waals surface area contributed by atoms with Gasteiger partial charge in [-0.1, -0.05) is 117 Å². The lowest BCUT2D eigenvalue weighted by atomic mass is 9.89. The van der Waals surface area contributed by atoms with Gasteiger partial charge in [0.15, 0.2) is 11.5 Å². The number of hydrogen-bond acceptors (Lipinski definition) is 5. The second-order valence-electron chi connectivity index (χ2n) is 13.0. The zero-order valence-corrected chi connectivity index (χ0v) is 30.3. The number of carbonyl (C=O) groups excluding carboxylic acids is 2. The number of allylic oxidation sites excluding steroid dienone is 1. The molecule has 0 fully saturated rings. The van der Waals surface area contributed by atoms with E-state index in [1.807, 2.05) is 24.3 Å². The molecule has 51 heavy (non-hydrogen) atoms. The van der Waals surface area contributed by atoms with Crippen LogP contribution in [0, 0.1) is 5.41 Å². The first-order valence-corrected chi connectivity index (χ1v) is 18.2. The third-order valence-corrected chi connectivity index (χ3v) is 9.01. The van der Waals surface area contributed by atoms with Crippen molar-refractivity contribution in [3.05, 3.63) is 123 Å². The molecule has 4 rings (SSSR count). The van der Waals surface area contributed by atoms with Gasteiger partial charge in [-0.25, -0.2) is 0 Å². The van der Waals surface area contributed by atoms with Gasteiger partial charge in [0, 0.05) is 27.6 Å². The summed E-state index contributed by atoms with van der Waals surface area (Å²) in [6.45, 7) is 6.18. The molecule has 0 saturated carbocycles. The van der Waals surface area contributed by atoms with Crippen molar-refractivity contribution < 1.29 is 40.5 Å². The third kappa shape index (κ3) is 12.5. The molecule has 2 N–H and O–H groups in total. The van der Waals surface area contributed by atoms with Crippen LogP contribution in [0.25, 0.3) is 17.2 Å². The Kier molecular flexibility index (Phi) is 12.8. The highest BCUT2D eigenvalue weighted by Crippen LogP contribution is 2.38. The Morgan fingerprint density at radius 1 is 0.922 bits per heavy atom. The SMILES string of the molecule is CC(C)(C)/C=C/c1ccc(C(Cc2ccc(C(=O)CCCS(=O)(=O)O)cc2)C(=O)Nc2ccc(-c3ccc(Cl)cc3Cl)cc2OC(F)(F)F)cc1. The van der Waals surface area contributed by atoms with E-state index in [9.17, 15) is 31.2 Å². The van der Waals surface area contributed by atoms with E-state index in [1.54, 1.807) is 48.5 Å². The summed E-state index contributed by atoms with van der Waals surface area (Å²) in [5.74, 6) is -2.99. The number of amides is 1. The van der Waals surface area contributed by atoms with Gasteiger partial charge in [0.2, 0.25) is 5.91 Å². The van der Waals surface area contributed by atoms with E-state index in [0.717, 1.165) is 11.6 Å². The molecule has 0 aliphatic carbocycles. The van der Waals surface area contributed by atoms with Gasteiger partial charge in [-0.2, -0.15) is 8.42 Å². The molecular weight excluding hydrogens is 726 g/mol. The molecule has 0 aliphatic heterocycles. The van der Waals surface area contributed by atoms with Gasteiger partial charge in [0.25, 0.3) is 10.1 Å². The summed E-state index contributed by atoms with van der Waals surface area (Å²) >= 11 is 12.3. The van der Waals surface area contributed by atoms with Gasteiger partial charge in [-0.15, -0.1) is 13.2 Å². The summed E-state index contributed by atoms with van der Waals surface area (Å²) in [5.41, 5.74) is 2.89. The number of halogens is 5. The van der Waals surface area contributed by atoms with Gasteiger partial charge in [-0.05, 0) is 64.8 Å². The molecule has 13 heteroatoms. The Morgan fingerprint density at radius 3 is 2.18 bits per heavy atom. The van der Waals surface area contributed by atoms with Crippen molar-refractivity contribution in [1.82, 2.24) is 0 Å². The van der Waals surface area contributed by atoms with E-state index in [-0.39, 0.29) is 41.2 Å². The largest absolute Gasteiger partial charge is 0.573 e. The van der Waals surface area contributed by atoms with Crippen molar-refractivity contribution in [1.29, 1.82) is 0 Å². The number of ketones is 1. The van der Waals surface area contributed by atoms with Crippen molar-refractivity contribution in [3.63, 3.8) is 0 Å². The van der Waals surface area contributed by atoms with E-state index in [2.05, 4.69) is 30.8 Å². The van der Waals surface area contributed by atoms with Crippen LogP contribution < -0.4 is 10.1 Å². The quantitative estimate of drug-likeness (QED) is 0.104. The number of alkyl halides is 3. The lowest BCUT2D eigenvalue weighted by Gasteiger charge is -2.20. The van der Waals surface area contributed by atoms with Crippen LogP contribution in [0.4, 0.5) is 18.9 Å². The highest BCUT2D eigenvalue weighted by molar-refractivity contribution is 7.85. The van der Waals surface area contributed by atoms with Gasteiger partial charge in [-0.3, -0.25) is 14.1 Å². The number of carbonyl (C=O) groups is 2. The fraction of sp³-hybridized carbons (Fsp3) is 0.263. The monoisotopic (exact) mass is 761 g/mol. The molecule has 0 aliphatic rings. The van der Waals surface area contributed by atoms with Crippen LogP contribution in [-0.2, 0) is 21.3 Å². The molecule has 4 aromatic rings. The minimum Gasteiger partial charge on any atom is -0.404 e. The van der Waals surface area contributed by atoms with Gasteiger partial charge >= 0.3 is 6.36 Å². The van der Waals surface area contributed by atoms with Gasteiger partial charge in [0.1, 0.15) is 0 Å². The second-order valence-corrected chi connectivity index (χ2v) is 15.4. The molecule has 7 nitrogen and oxygen atoms in total. The lowest BCUT2D eigenvalue weighted by Crippen LogP contribution is -2.24. The first-order chi connectivity index (χ1) is 23.8. The summed E-state index contributed by atoms with van der Waals surface area (Å²) in [4.78, 5) is 26.5. The smallest absolute Gasteiger partial charge is 0.404 e. The van der Waals surface area contributed by atoms with E-state index in [1.165, 1.54) is 18.2 Å². The number of Topliss-reactive ketones (excluding diaryl/α,β-unsaturated/α-hetero) is 1. The molecule has 0 heterocycles. The molecule has 0 bridgehead atoms. The number of ether oxygens (including phenoxy) is 1. The Bertz CT molecular complexity index is 2010. The topological polar surface area (TPSA) is 110 Å². The number of benzene rings is 4. The molecule has 4 aromatic carbocycles. The number of anilines is 1. The normalized spacial score (nSPS) is 12.9. The Morgan fingerprint density at radius 2 is 1.59 bits per heavy atom. The standard InChI is InChI=1S/C38H36Cl2F3NO6S/c1-37(2,3)19-18-24-6-10-26(11-7-24)31(21-25-8-12-27(13-9-25)34(45)5-4-20-51(47,48)49)36(46)44-33-17-14-28(22-35(33)50-38(41,42)43)30-16-15-29(39)23-32(30)40/h6-19,22-23,31H,4-5,20-21H2,1-3H3,(H,44,46)(H,47,48,49)/b19-18+. The van der Waals surface area contributed by atoms with Crippen LogP contribution in [0.3, 0.4) is 0 Å². The molecule has 0 saturated heterocycles. The first-order valence-electron chi connectivity index (χ1n) is 15.8. The summed E-state index contributed by atoms with van der Waals surface area (Å²) < 4.78 is 76.0. The maximum atomic E-state index is 14.0. The maximum Gasteiger partial charge on any atom is 0.573 e. The molecule has 1 atom stereocenters. The fourth-order valence-corrected chi connectivity index (χ4v) is 6.14. The summed E-state index contributed by atoms with van der Waals surface area (Å²) in [7, 11) is -4.19. The van der Waals surface area contributed by atoms with Crippen LogP contribution >= 0.6 is 23.2 Å². The Hall–Kier alpha value is -4.16. The zero-order valence-electron chi connectivity index (χ0n) is 27.9. The fourth-order valence-electron chi connectivity index (χ4n) is 5.12. The highest BCUT2D eigenvalue weighted by atomic mass is 35.5. The average Bonchev–Trinajstić information content (AvgIpc) is 3.02. The number of nitrogens with one attached hydrogen (secondary N) is 1. The average molecular weight is 763 g/mol. The van der Waals surface area contributed by atoms with Crippen LogP contribution in [0.5, 0.6) is 5.75 Å². The van der Waals surface area contributed by atoms with E-state index in [0.29, 0.717) is 32.8 Å². The summed E-state index contributed by atoms with van der Waals surface area (Å²) in [6, 6.07) is 22.2. The minimum absolute atomic E-state index is 0.0453. The Balaban J connectivity index is 1.65. The van der Waals surface area contributed by atoms with E-state index < -0.39 is 39.8 Å². The molecule has 1 unspecified atom stereocenters. The van der Waals surface area contributed by atoms with Crippen LogP contribution in [0.2, 0.25) is 10.0 Å². The van der Waals surface area contributed by atoms with E-state index in [4.69, 9.17) is 27.8 Å². The first kappa shape index (κ1) is 39.6. The van der Waals surface area contributed by atoms with Crippen molar-refractivity contribution in [3.8, 4) is 16.9 Å². The Labute approximate surface area is 305 Å².